The second kappa shape index (κ2) is 5.91. The van der Waals surface area contributed by atoms with Crippen LogP contribution < -0.4 is 11.1 Å². The lowest BCUT2D eigenvalue weighted by Gasteiger charge is -2.18. The van der Waals surface area contributed by atoms with E-state index in [0.717, 1.165) is 12.8 Å². The van der Waals surface area contributed by atoms with E-state index in [1.54, 1.807) is 0 Å². The fourth-order valence-corrected chi connectivity index (χ4v) is 1.16. The van der Waals surface area contributed by atoms with Crippen molar-refractivity contribution in [1.29, 1.82) is 0 Å². The van der Waals surface area contributed by atoms with Crippen LogP contribution in [0.2, 0.25) is 0 Å². The van der Waals surface area contributed by atoms with Crippen LogP contribution in [0, 0.1) is 5.92 Å². The number of thiocarbonyl (C=S) groups is 1. The Kier molecular flexibility index (Phi) is 5.62. The number of nitrogens with two attached hydrogens (primary N) is 1. The minimum Gasteiger partial charge on any atom is -0.368 e. The molecule has 0 aliphatic heterocycles. The van der Waals surface area contributed by atoms with Gasteiger partial charge in [0, 0.05) is 0 Å². The first-order valence-corrected chi connectivity index (χ1v) is 4.96. The van der Waals surface area contributed by atoms with Crippen molar-refractivity contribution in [2.24, 2.45) is 11.7 Å². The molecule has 0 bridgehead atoms. The van der Waals surface area contributed by atoms with Gasteiger partial charge in [0.25, 0.3) is 0 Å². The summed E-state index contributed by atoms with van der Waals surface area (Å²) in [6.07, 6.45) is 1.48. The van der Waals surface area contributed by atoms with Crippen LogP contribution in [-0.4, -0.2) is 16.9 Å². The number of hydrogen-bond donors (Lipinski definition) is 2. The van der Waals surface area contributed by atoms with Gasteiger partial charge in [-0.2, -0.15) is 0 Å². The molecule has 0 unspecified atom stereocenters. The number of carbonyl (C=O) groups excluding carboxylic acids is 1. The molecule has 0 radical (unpaired) electrons. The molecular formula is C9H18N2OS. The second-order valence-corrected chi connectivity index (χ2v) is 4.00. The third-order valence-electron chi connectivity index (χ3n) is 1.71. The van der Waals surface area contributed by atoms with Crippen molar-refractivity contribution in [2.75, 3.05) is 0 Å². The maximum atomic E-state index is 11.0. The minimum absolute atomic E-state index is 0.313. The van der Waals surface area contributed by atoms with Gasteiger partial charge in [-0.25, -0.2) is 0 Å². The van der Waals surface area contributed by atoms with Gasteiger partial charge in [0.15, 0.2) is 0 Å². The van der Waals surface area contributed by atoms with E-state index in [0.29, 0.717) is 10.9 Å². The van der Waals surface area contributed by atoms with E-state index in [1.807, 2.05) is 20.8 Å². The summed E-state index contributed by atoms with van der Waals surface area (Å²) in [5, 5.41) is 2.95. The van der Waals surface area contributed by atoms with Gasteiger partial charge in [0.2, 0.25) is 5.91 Å². The van der Waals surface area contributed by atoms with Gasteiger partial charge in [0.1, 0.15) is 6.04 Å². The summed E-state index contributed by atoms with van der Waals surface area (Å²) in [6, 6.07) is -0.313. The van der Waals surface area contributed by atoms with Crippen molar-refractivity contribution in [1.82, 2.24) is 5.32 Å². The van der Waals surface area contributed by atoms with Crippen LogP contribution >= 0.6 is 12.2 Å². The molecule has 0 rings (SSSR count). The largest absolute Gasteiger partial charge is 0.368 e. The maximum Gasteiger partial charge on any atom is 0.239 e. The second-order valence-electron chi connectivity index (χ2n) is 3.51. The van der Waals surface area contributed by atoms with Gasteiger partial charge in [-0.15, -0.1) is 0 Å². The van der Waals surface area contributed by atoms with Gasteiger partial charge < -0.3 is 11.1 Å². The normalized spacial score (nSPS) is 12.6. The van der Waals surface area contributed by atoms with E-state index < -0.39 is 0 Å². The number of rotatable bonds is 5. The molecule has 3 nitrogen and oxygen atoms in total. The van der Waals surface area contributed by atoms with Crippen molar-refractivity contribution < 1.29 is 4.79 Å². The highest BCUT2D eigenvalue weighted by atomic mass is 32.1. The Labute approximate surface area is 85.1 Å². The molecule has 0 fully saturated rings. The van der Waals surface area contributed by atoms with Crippen molar-refractivity contribution in [3.8, 4) is 0 Å². The number of carbonyl (C=O) groups is 1. The smallest absolute Gasteiger partial charge is 0.239 e. The van der Waals surface area contributed by atoms with Crippen molar-refractivity contribution >= 4 is 23.1 Å². The summed E-state index contributed by atoms with van der Waals surface area (Å²) in [7, 11) is 0. The first-order chi connectivity index (χ1) is 5.97. The zero-order chi connectivity index (χ0) is 10.4. The number of primary amides is 1. The van der Waals surface area contributed by atoms with Crippen LogP contribution in [0.4, 0.5) is 0 Å². The average Bonchev–Trinajstić information content (AvgIpc) is 2.02. The summed E-state index contributed by atoms with van der Waals surface area (Å²) in [5.41, 5.74) is 5.23. The van der Waals surface area contributed by atoms with Crippen LogP contribution in [0.3, 0.4) is 0 Å². The zero-order valence-corrected chi connectivity index (χ0v) is 9.28. The van der Waals surface area contributed by atoms with Crippen molar-refractivity contribution in [2.45, 2.75) is 39.7 Å². The monoisotopic (exact) mass is 202 g/mol. The first kappa shape index (κ1) is 12.4. The molecule has 0 aromatic carbocycles. The molecule has 0 saturated heterocycles. The maximum absolute atomic E-state index is 11.0. The lowest BCUT2D eigenvalue weighted by molar-refractivity contribution is -0.120. The standard InChI is InChI=1S/C9H18N2OS/c1-4-8(13)11-7(9(10)12)5-6(2)3/h6-7H,4-5H2,1-3H3,(H2,10,12)(H,11,13)/t7-/m0/s1. The van der Waals surface area contributed by atoms with E-state index in [1.165, 1.54) is 0 Å². The number of amides is 1. The van der Waals surface area contributed by atoms with Crippen LogP contribution in [0.1, 0.15) is 33.6 Å². The Morgan fingerprint density at radius 3 is 2.38 bits per heavy atom. The van der Waals surface area contributed by atoms with E-state index >= 15 is 0 Å². The van der Waals surface area contributed by atoms with Gasteiger partial charge >= 0.3 is 0 Å². The lowest BCUT2D eigenvalue weighted by Crippen LogP contribution is -2.44. The van der Waals surface area contributed by atoms with E-state index in [-0.39, 0.29) is 11.9 Å². The average molecular weight is 202 g/mol. The molecule has 1 atom stereocenters. The molecule has 0 spiro atoms. The Hall–Kier alpha value is -0.640. The van der Waals surface area contributed by atoms with Crippen molar-refractivity contribution in [3.05, 3.63) is 0 Å². The molecule has 76 valence electrons. The summed E-state index contributed by atoms with van der Waals surface area (Å²) in [6.45, 7) is 6.04. The minimum atomic E-state index is -0.329. The molecular weight excluding hydrogens is 184 g/mol. The van der Waals surface area contributed by atoms with Gasteiger partial charge in [-0.1, -0.05) is 33.0 Å². The van der Waals surface area contributed by atoms with Gasteiger partial charge in [0.05, 0.1) is 4.99 Å². The highest BCUT2D eigenvalue weighted by molar-refractivity contribution is 7.80. The molecule has 0 heterocycles. The fraction of sp³-hybridized carbons (Fsp3) is 0.778. The van der Waals surface area contributed by atoms with Crippen LogP contribution in [0.5, 0.6) is 0 Å². The third kappa shape index (κ3) is 5.58. The van der Waals surface area contributed by atoms with Crippen LogP contribution in [0.15, 0.2) is 0 Å². The van der Waals surface area contributed by atoms with E-state index in [4.69, 9.17) is 18.0 Å². The SMILES string of the molecule is CCC(=S)N[C@@H](CC(C)C)C(N)=O. The highest BCUT2D eigenvalue weighted by Crippen LogP contribution is 2.04. The Balaban J connectivity index is 4.10. The van der Waals surface area contributed by atoms with E-state index in [9.17, 15) is 4.79 Å². The summed E-state index contributed by atoms with van der Waals surface area (Å²) in [4.78, 5) is 11.7. The molecule has 4 heteroatoms. The summed E-state index contributed by atoms with van der Waals surface area (Å²) < 4.78 is 0. The number of nitrogens with one attached hydrogen (secondary N) is 1. The fourth-order valence-electron chi connectivity index (χ4n) is 1.01. The molecule has 3 N–H and O–H groups in total. The first-order valence-electron chi connectivity index (χ1n) is 4.56. The third-order valence-corrected chi connectivity index (χ3v) is 2.11. The predicted molar refractivity (Wildman–Crippen MR) is 58.5 cm³/mol. The molecule has 0 aromatic rings. The highest BCUT2D eigenvalue weighted by Gasteiger charge is 2.16. The quantitative estimate of drug-likeness (QED) is 0.659. The molecule has 1 amide bonds. The van der Waals surface area contributed by atoms with Crippen molar-refractivity contribution in [3.63, 3.8) is 0 Å². The van der Waals surface area contributed by atoms with Gasteiger partial charge in [-0.05, 0) is 18.8 Å². The van der Waals surface area contributed by atoms with Crippen LogP contribution in [-0.2, 0) is 4.79 Å². The topological polar surface area (TPSA) is 55.1 Å². The van der Waals surface area contributed by atoms with Gasteiger partial charge in [-0.3, -0.25) is 4.79 Å². The Bertz CT molecular complexity index is 192. The molecule has 0 aliphatic rings. The summed E-state index contributed by atoms with van der Waals surface area (Å²) >= 11 is 4.98. The number of hydrogen-bond acceptors (Lipinski definition) is 2. The Morgan fingerprint density at radius 1 is 1.54 bits per heavy atom. The molecule has 13 heavy (non-hydrogen) atoms. The summed E-state index contributed by atoms with van der Waals surface area (Å²) in [5.74, 6) is 0.106. The zero-order valence-electron chi connectivity index (χ0n) is 8.46. The Morgan fingerprint density at radius 2 is 2.08 bits per heavy atom. The lowest BCUT2D eigenvalue weighted by atomic mass is 10.0. The molecule has 0 aromatic heterocycles. The molecule has 0 saturated carbocycles. The predicted octanol–water partition coefficient (Wildman–Crippen LogP) is 1.21. The van der Waals surface area contributed by atoms with Crippen LogP contribution in [0.25, 0.3) is 0 Å². The van der Waals surface area contributed by atoms with E-state index in [2.05, 4.69) is 5.32 Å². The molecule has 0 aliphatic carbocycles.